The second kappa shape index (κ2) is 4.85. The summed E-state index contributed by atoms with van der Waals surface area (Å²) in [7, 11) is 0.491. The van der Waals surface area contributed by atoms with E-state index in [0.717, 1.165) is 0 Å². The summed E-state index contributed by atoms with van der Waals surface area (Å²) in [6.45, 7) is 1.83. The van der Waals surface area contributed by atoms with Gasteiger partial charge in [0.1, 0.15) is 16.7 Å². The van der Waals surface area contributed by atoms with Gasteiger partial charge in [-0.2, -0.15) is 0 Å². The molecule has 78 valence electrons. The summed E-state index contributed by atoms with van der Waals surface area (Å²) in [6, 6.07) is 5.20. The van der Waals surface area contributed by atoms with E-state index in [1.54, 1.807) is 25.3 Å². The largest absolute Gasteiger partial charge is 0.497 e. The van der Waals surface area contributed by atoms with Crippen LogP contribution in [-0.2, 0) is 11.0 Å². The molecule has 0 bridgehead atoms. The molecule has 1 aromatic carbocycles. The fourth-order valence-corrected chi connectivity index (χ4v) is 1.51. The van der Waals surface area contributed by atoms with Crippen molar-refractivity contribution in [3.05, 3.63) is 18.2 Å². The highest BCUT2D eigenvalue weighted by molar-refractivity contribution is 7.86. The quantitative estimate of drug-likeness (QED) is 0.744. The minimum Gasteiger partial charge on any atom is -0.497 e. The lowest BCUT2D eigenvalue weighted by molar-refractivity contribution is 0.415. The zero-order valence-corrected chi connectivity index (χ0v) is 9.06. The smallest absolute Gasteiger partial charge is 0.121 e. The molecule has 0 aromatic heterocycles. The van der Waals surface area contributed by atoms with E-state index in [0.29, 0.717) is 22.9 Å². The highest BCUT2D eigenvalue weighted by Crippen LogP contribution is 2.24. The van der Waals surface area contributed by atoms with Crippen LogP contribution in [0, 0.1) is 0 Å². The summed E-state index contributed by atoms with van der Waals surface area (Å²) >= 11 is 0. The third-order valence-corrected chi connectivity index (χ3v) is 2.72. The average molecular weight is 214 g/mol. The van der Waals surface area contributed by atoms with E-state index < -0.39 is 11.0 Å². The van der Waals surface area contributed by atoms with Gasteiger partial charge in [0.05, 0.1) is 18.5 Å². The Morgan fingerprint density at radius 3 is 2.86 bits per heavy atom. The predicted molar refractivity (Wildman–Crippen MR) is 59.7 cm³/mol. The number of benzene rings is 1. The van der Waals surface area contributed by atoms with Gasteiger partial charge in [-0.15, -0.1) is 0 Å². The van der Waals surface area contributed by atoms with Crippen molar-refractivity contribution in [1.29, 1.82) is 0 Å². The van der Waals surface area contributed by atoms with E-state index in [4.69, 9.17) is 10.5 Å². The Morgan fingerprint density at radius 1 is 1.57 bits per heavy atom. The van der Waals surface area contributed by atoms with E-state index >= 15 is 0 Å². The van der Waals surface area contributed by atoms with Crippen LogP contribution < -0.4 is 15.2 Å². The Labute approximate surface area is 86.0 Å². The van der Waals surface area contributed by atoms with Crippen LogP contribution in [0.2, 0.25) is 0 Å². The molecule has 14 heavy (non-hydrogen) atoms. The molecule has 1 aromatic rings. The van der Waals surface area contributed by atoms with Crippen LogP contribution in [-0.4, -0.2) is 17.1 Å². The molecule has 1 rings (SSSR count). The molecule has 0 saturated heterocycles. The molecule has 4 nitrogen and oxygen atoms in total. The van der Waals surface area contributed by atoms with Crippen molar-refractivity contribution in [1.82, 2.24) is 0 Å². The van der Waals surface area contributed by atoms with Crippen molar-refractivity contribution < 1.29 is 8.95 Å². The zero-order valence-electron chi connectivity index (χ0n) is 8.24. The average Bonchev–Trinajstić information content (AvgIpc) is 2.21. The minimum atomic E-state index is -1.08. The Hall–Kier alpha value is -1.23. The van der Waals surface area contributed by atoms with Gasteiger partial charge < -0.3 is 15.2 Å². The molecule has 0 saturated carbocycles. The normalized spacial score (nSPS) is 12.1. The molecule has 0 fully saturated rings. The molecule has 0 spiro atoms. The molecule has 0 radical (unpaired) electrons. The summed E-state index contributed by atoms with van der Waals surface area (Å²) in [5.74, 6) is 1.23. The highest BCUT2D eigenvalue weighted by atomic mass is 32.2. The number of hydrogen-bond donors (Lipinski definition) is 2. The molecule has 0 aliphatic rings. The molecule has 0 aliphatic heterocycles. The van der Waals surface area contributed by atoms with E-state index in [1.165, 1.54) is 0 Å². The molecular weight excluding hydrogens is 200 g/mol. The Bertz CT molecular complexity index is 342. The molecule has 0 aliphatic carbocycles. The lowest BCUT2D eigenvalue weighted by atomic mass is 10.2. The van der Waals surface area contributed by atoms with E-state index in [2.05, 4.69) is 4.72 Å². The first-order chi connectivity index (χ1) is 6.67. The Morgan fingerprint density at radius 2 is 2.29 bits per heavy atom. The van der Waals surface area contributed by atoms with Crippen molar-refractivity contribution in [2.24, 2.45) is 0 Å². The van der Waals surface area contributed by atoms with Gasteiger partial charge in [-0.05, 0) is 12.1 Å². The summed E-state index contributed by atoms with van der Waals surface area (Å²) in [5, 5.41) is 0. The SMILES string of the molecule is CCS(=O)Nc1cc(OC)ccc1N. The maximum atomic E-state index is 11.2. The number of nitrogens with one attached hydrogen (secondary N) is 1. The molecule has 0 heterocycles. The summed E-state index contributed by atoms with van der Waals surface area (Å²) in [6.07, 6.45) is 0. The molecule has 1 unspecified atom stereocenters. The van der Waals surface area contributed by atoms with Gasteiger partial charge in [0.2, 0.25) is 0 Å². The lowest BCUT2D eigenvalue weighted by Gasteiger charge is -2.09. The molecule has 3 N–H and O–H groups in total. The first-order valence-electron chi connectivity index (χ1n) is 4.26. The topological polar surface area (TPSA) is 64.3 Å². The van der Waals surface area contributed by atoms with Gasteiger partial charge >= 0.3 is 0 Å². The maximum absolute atomic E-state index is 11.2. The van der Waals surface area contributed by atoms with Gasteiger partial charge in [0, 0.05) is 11.8 Å². The molecule has 1 atom stereocenters. The van der Waals surface area contributed by atoms with E-state index in [-0.39, 0.29) is 0 Å². The monoisotopic (exact) mass is 214 g/mol. The Balaban J connectivity index is 2.89. The fraction of sp³-hybridized carbons (Fsp3) is 0.333. The Kier molecular flexibility index (Phi) is 3.76. The second-order valence-electron chi connectivity index (χ2n) is 2.69. The summed E-state index contributed by atoms with van der Waals surface area (Å²) in [5.41, 5.74) is 6.90. The van der Waals surface area contributed by atoms with Crippen molar-refractivity contribution in [2.75, 3.05) is 23.3 Å². The van der Waals surface area contributed by atoms with Crippen LogP contribution in [0.5, 0.6) is 5.75 Å². The number of ether oxygens (including phenoxy) is 1. The minimum absolute atomic E-state index is 0.538. The number of nitrogens with two attached hydrogens (primary N) is 1. The van der Waals surface area contributed by atoms with Crippen LogP contribution in [0.3, 0.4) is 0 Å². The number of rotatable bonds is 4. The first-order valence-corrected chi connectivity index (χ1v) is 5.57. The van der Waals surface area contributed by atoms with Crippen LogP contribution in [0.4, 0.5) is 11.4 Å². The van der Waals surface area contributed by atoms with Gasteiger partial charge in [-0.1, -0.05) is 6.92 Å². The maximum Gasteiger partial charge on any atom is 0.121 e. The third-order valence-electron chi connectivity index (χ3n) is 1.75. The number of hydrogen-bond acceptors (Lipinski definition) is 3. The van der Waals surface area contributed by atoms with Crippen LogP contribution >= 0.6 is 0 Å². The van der Waals surface area contributed by atoms with Gasteiger partial charge in [-0.3, -0.25) is 0 Å². The summed E-state index contributed by atoms with van der Waals surface area (Å²) in [4.78, 5) is 0. The van der Waals surface area contributed by atoms with Crippen molar-refractivity contribution in [3.63, 3.8) is 0 Å². The van der Waals surface area contributed by atoms with Crippen molar-refractivity contribution in [2.45, 2.75) is 6.92 Å². The number of methoxy groups -OCH3 is 1. The molecule has 5 heteroatoms. The van der Waals surface area contributed by atoms with Gasteiger partial charge in [0.25, 0.3) is 0 Å². The molecular formula is C9H14N2O2S. The standard InChI is InChI=1S/C9H14N2O2S/c1-3-14(12)11-9-6-7(13-2)4-5-8(9)10/h4-6,11H,3,10H2,1-2H3. The molecule has 0 amide bonds. The predicted octanol–water partition coefficient (Wildman–Crippen LogP) is 1.37. The van der Waals surface area contributed by atoms with E-state index in [9.17, 15) is 4.21 Å². The first kappa shape index (κ1) is 10.8. The van der Waals surface area contributed by atoms with Gasteiger partial charge in [0.15, 0.2) is 0 Å². The van der Waals surface area contributed by atoms with Crippen LogP contribution in [0.1, 0.15) is 6.92 Å². The fourth-order valence-electron chi connectivity index (χ4n) is 0.946. The highest BCUT2D eigenvalue weighted by Gasteiger charge is 2.03. The van der Waals surface area contributed by atoms with Crippen molar-refractivity contribution in [3.8, 4) is 5.75 Å². The number of nitrogen functional groups attached to an aromatic ring is 1. The lowest BCUT2D eigenvalue weighted by Crippen LogP contribution is -2.08. The van der Waals surface area contributed by atoms with Crippen LogP contribution in [0.15, 0.2) is 18.2 Å². The van der Waals surface area contributed by atoms with Gasteiger partial charge in [-0.25, -0.2) is 4.21 Å². The van der Waals surface area contributed by atoms with Crippen LogP contribution in [0.25, 0.3) is 0 Å². The third kappa shape index (κ3) is 2.63. The van der Waals surface area contributed by atoms with E-state index in [1.807, 2.05) is 6.92 Å². The number of anilines is 2. The zero-order chi connectivity index (χ0) is 10.6. The summed E-state index contributed by atoms with van der Waals surface area (Å²) < 4.78 is 19.1. The second-order valence-corrected chi connectivity index (χ2v) is 4.16. The van der Waals surface area contributed by atoms with Crippen molar-refractivity contribution >= 4 is 22.4 Å².